The van der Waals surface area contributed by atoms with Gasteiger partial charge in [0.15, 0.2) is 0 Å². The Bertz CT molecular complexity index is 533. The van der Waals surface area contributed by atoms with E-state index in [1.54, 1.807) is 0 Å². The van der Waals surface area contributed by atoms with Gasteiger partial charge in [-0.25, -0.2) is 9.18 Å². The van der Waals surface area contributed by atoms with Crippen LogP contribution >= 0.6 is 0 Å². The normalized spacial score (nSPS) is 11.7. The van der Waals surface area contributed by atoms with Crippen molar-refractivity contribution >= 4 is 23.5 Å². The second-order valence-corrected chi connectivity index (χ2v) is 3.73. The van der Waals surface area contributed by atoms with Gasteiger partial charge in [0.05, 0.1) is 23.7 Å². The van der Waals surface area contributed by atoms with E-state index in [4.69, 9.17) is 16.6 Å². The average molecular weight is 269 g/mol. The van der Waals surface area contributed by atoms with Gasteiger partial charge in [0.2, 0.25) is 11.8 Å². The molecule has 0 saturated heterocycles. The molecule has 0 aliphatic rings. The van der Waals surface area contributed by atoms with Crippen LogP contribution in [0.1, 0.15) is 16.8 Å². The molecular formula is C11H12FN3O4. The van der Waals surface area contributed by atoms with E-state index in [2.05, 4.69) is 0 Å². The summed E-state index contributed by atoms with van der Waals surface area (Å²) in [7, 11) is 0. The predicted octanol–water partition coefficient (Wildman–Crippen LogP) is -0.335. The van der Waals surface area contributed by atoms with Crippen molar-refractivity contribution in [2.75, 3.05) is 5.32 Å². The number of primary amides is 1. The molecule has 1 rings (SSSR count). The van der Waals surface area contributed by atoms with E-state index in [0.717, 1.165) is 12.1 Å². The fraction of sp³-hybridized carbons (Fsp3) is 0.182. The first-order valence-electron chi connectivity index (χ1n) is 5.19. The van der Waals surface area contributed by atoms with Crippen molar-refractivity contribution in [3.05, 3.63) is 29.6 Å². The number of anilines is 1. The van der Waals surface area contributed by atoms with Crippen LogP contribution in [-0.2, 0) is 9.59 Å². The zero-order chi connectivity index (χ0) is 14.6. The smallest absolute Gasteiger partial charge is 0.337 e. The number of halogens is 1. The van der Waals surface area contributed by atoms with Crippen LogP contribution in [0.2, 0.25) is 0 Å². The molecule has 0 radical (unpaired) electrons. The van der Waals surface area contributed by atoms with Gasteiger partial charge in [-0.15, -0.1) is 0 Å². The van der Waals surface area contributed by atoms with E-state index in [1.165, 1.54) is 6.07 Å². The number of aromatic carboxylic acids is 1. The Kier molecular flexibility index (Phi) is 4.54. The summed E-state index contributed by atoms with van der Waals surface area (Å²) >= 11 is 0. The highest BCUT2D eigenvalue weighted by atomic mass is 19.1. The molecule has 1 aromatic carbocycles. The predicted molar refractivity (Wildman–Crippen MR) is 63.8 cm³/mol. The minimum atomic E-state index is -1.40. The van der Waals surface area contributed by atoms with Crippen molar-refractivity contribution in [3.8, 4) is 0 Å². The molecule has 0 aromatic heterocycles. The molecule has 0 fully saturated rings. The van der Waals surface area contributed by atoms with Crippen LogP contribution in [0.15, 0.2) is 18.2 Å². The van der Waals surface area contributed by atoms with Gasteiger partial charge in [0, 0.05) is 0 Å². The van der Waals surface area contributed by atoms with E-state index in [1.807, 2.05) is 5.32 Å². The van der Waals surface area contributed by atoms with Crippen LogP contribution in [-0.4, -0.2) is 28.9 Å². The van der Waals surface area contributed by atoms with Crippen molar-refractivity contribution in [2.24, 2.45) is 11.5 Å². The Morgan fingerprint density at radius 2 is 2.00 bits per heavy atom. The third kappa shape index (κ3) is 3.75. The molecule has 0 bridgehead atoms. The van der Waals surface area contributed by atoms with Crippen molar-refractivity contribution in [1.82, 2.24) is 0 Å². The van der Waals surface area contributed by atoms with E-state index in [9.17, 15) is 18.8 Å². The number of carbonyl (C=O) groups is 3. The van der Waals surface area contributed by atoms with Gasteiger partial charge >= 0.3 is 5.97 Å². The van der Waals surface area contributed by atoms with Gasteiger partial charge in [-0.2, -0.15) is 0 Å². The summed E-state index contributed by atoms with van der Waals surface area (Å²) in [6.45, 7) is 0. The maximum atomic E-state index is 13.5. The summed E-state index contributed by atoms with van der Waals surface area (Å²) in [5.74, 6) is -4.01. The first-order chi connectivity index (χ1) is 8.82. The van der Waals surface area contributed by atoms with Crippen molar-refractivity contribution in [3.63, 3.8) is 0 Å². The summed E-state index contributed by atoms with van der Waals surface area (Å²) in [6, 6.07) is 2.03. The molecule has 19 heavy (non-hydrogen) atoms. The van der Waals surface area contributed by atoms with Gasteiger partial charge in [0.25, 0.3) is 0 Å². The van der Waals surface area contributed by atoms with Crippen LogP contribution in [0.3, 0.4) is 0 Å². The fourth-order valence-corrected chi connectivity index (χ4v) is 1.35. The van der Waals surface area contributed by atoms with Gasteiger partial charge in [-0.1, -0.05) is 6.07 Å². The van der Waals surface area contributed by atoms with E-state index < -0.39 is 47.3 Å². The Morgan fingerprint density at radius 3 is 2.53 bits per heavy atom. The average Bonchev–Trinajstić information content (AvgIpc) is 2.30. The number of rotatable bonds is 5. The maximum Gasteiger partial charge on any atom is 0.337 e. The number of para-hydroxylation sites is 1. The lowest BCUT2D eigenvalue weighted by atomic mass is 10.1. The summed E-state index contributed by atoms with van der Waals surface area (Å²) in [5.41, 5.74) is 9.31. The molecule has 0 saturated carbocycles. The fourth-order valence-electron chi connectivity index (χ4n) is 1.35. The number of nitrogens with two attached hydrogens (primary N) is 2. The minimum absolute atomic E-state index is 0.417. The first-order valence-corrected chi connectivity index (χ1v) is 5.19. The summed E-state index contributed by atoms with van der Waals surface area (Å²) in [6.07, 6.45) is -0.428. The number of amides is 2. The zero-order valence-electron chi connectivity index (χ0n) is 9.72. The largest absolute Gasteiger partial charge is 0.478 e. The van der Waals surface area contributed by atoms with Gasteiger partial charge in [-0.3, -0.25) is 9.59 Å². The summed E-state index contributed by atoms with van der Waals surface area (Å²) in [5, 5.41) is 10.9. The number of nitrogens with one attached hydrogen (secondary N) is 1. The lowest BCUT2D eigenvalue weighted by molar-refractivity contribution is -0.123. The third-order valence-electron chi connectivity index (χ3n) is 2.25. The lowest BCUT2D eigenvalue weighted by Gasteiger charge is -2.13. The second-order valence-electron chi connectivity index (χ2n) is 3.73. The number of carbonyl (C=O) groups excluding carboxylic acids is 2. The van der Waals surface area contributed by atoms with Gasteiger partial charge in [0.1, 0.15) is 5.82 Å². The molecule has 0 unspecified atom stereocenters. The molecule has 0 heterocycles. The number of carboxylic acid groups (broad SMARTS) is 1. The third-order valence-corrected chi connectivity index (χ3v) is 2.25. The molecule has 7 nitrogen and oxygen atoms in total. The highest BCUT2D eigenvalue weighted by molar-refractivity contribution is 6.03. The van der Waals surface area contributed by atoms with Crippen molar-refractivity contribution in [1.29, 1.82) is 0 Å². The first kappa shape index (κ1) is 14.6. The maximum absolute atomic E-state index is 13.5. The van der Waals surface area contributed by atoms with Gasteiger partial charge < -0.3 is 21.9 Å². The second kappa shape index (κ2) is 5.91. The van der Waals surface area contributed by atoms with Crippen LogP contribution in [0.4, 0.5) is 10.1 Å². The quantitative estimate of drug-likeness (QED) is 0.580. The highest BCUT2D eigenvalue weighted by Crippen LogP contribution is 2.20. The van der Waals surface area contributed by atoms with E-state index in [0.29, 0.717) is 0 Å². The molecule has 2 amide bonds. The molecule has 0 spiro atoms. The molecule has 1 aromatic rings. The van der Waals surface area contributed by atoms with Crippen molar-refractivity contribution < 1.29 is 23.9 Å². The van der Waals surface area contributed by atoms with Crippen LogP contribution in [0.5, 0.6) is 0 Å². The Balaban J connectivity index is 2.96. The highest BCUT2D eigenvalue weighted by Gasteiger charge is 2.21. The van der Waals surface area contributed by atoms with Crippen molar-refractivity contribution in [2.45, 2.75) is 12.5 Å². The molecule has 1 atom stereocenters. The van der Waals surface area contributed by atoms with Crippen LogP contribution in [0, 0.1) is 5.82 Å². The molecule has 6 N–H and O–H groups in total. The summed E-state index contributed by atoms with van der Waals surface area (Å²) < 4.78 is 13.5. The number of carboxylic acids is 1. The van der Waals surface area contributed by atoms with Crippen LogP contribution in [0.25, 0.3) is 0 Å². The molecular weight excluding hydrogens is 257 g/mol. The van der Waals surface area contributed by atoms with Gasteiger partial charge in [-0.05, 0) is 12.1 Å². The van der Waals surface area contributed by atoms with E-state index in [-0.39, 0.29) is 0 Å². The monoisotopic (exact) mass is 269 g/mol. The zero-order valence-corrected chi connectivity index (χ0v) is 9.72. The minimum Gasteiger partial charge on any atom is -0.478 e. The molecule has 0 aliphatic carbocycles. The molecule has 102 valence electrons. The number of hydrogen-bond acceptors (Lipinski definition) is 4. The standard InChI is InChI=1S/C11H12FN3O4/c12-6-3-1-2-5(11(18)19)9(6)15-10(17)7(13)4-8(14)16/h1-3,7H,4,13H2,(H2,14,16)(H,15,17)(H,18,19)/t7-/m0/s1. The molecule has 0 aliphatic heterocycles. The van der Waals surface area contributed by atoms with Crippen LogP contribution < -0.4 is 16.8 Å². The summed E-state index contributed by atoms with van der Waals surface area (Å²) in [4.78, 5) is 33.1. The Morgan fingerprint density at radius 1 is 1.37 bits per heavy atom. The van der Waals surface area contributed by atoms with E-state index >= 15 is 0 Å². The SMILES string of the molecule is NC(=O)C[C@H](N)C(=O)Nc1c(F)cccc1C(=O)O. The lowest BCUT2D eigenvalue weighted by Crippen LogP contribution is -2.39. The molecule has 8 heteroatoms. The topological polar surface area (TPSA) is 136 Å². The Hall–Kier alpha value is -2.48. The number of hydrogen-bond donors (Lipinski definition) is 4. The Labute approximate surface area is 107 Å². The number of benzene rings is 1.